The second-order valence-corrected chi connectivity index (χ2v) is 10.4. The van der Waals surface area contributed by atoms with E-state index in [-0.39, 0.29) is 0 Å². The van der Waals surface area contributed by atoms with Crippen molar-refractivity contribution in [2.45, 2.75) is 0 Å². The molecule has 0 aliphatic carbocycles. The zero-order valence-corrected chi connectivity index (χ0v) is 21.8. The Morgan fingerprint density at radius 1 is 0.359 bits per heavy atom. The van der Waals surface area contributed by atoms with Crippen LogP contribution in [0.3, 0.4) is 0 Å². The van der Waals surface area contributed by atoms with Crippen LogP contribution in [-0.4, -0.2) is 9.13 Å². The summed E-state index contributed by atoms with van der Waals surface area (Å²) in [5.74, 6) is 0. The Morgan fingerprint density at radius 2 is 0.846 bits per heavy atom. The number of fused-ring (bicyclic) bond motifs is 6. The van der Waals surface area contributed by atoms with E-state index in [2.05, 4.69) is 143 Å². The van der Waals surface area contributed by atoms with Crippen LogP contribution in [0.2, 0.25) is 5.02 Å². The van der Waals surface area contributed by atoms with Crippen LogP contribution in [0.1, 0.15) is 0 Å². The van der Waals surface area contributed by atoms with Gasteiger partial charge in [0.1, 0.15) is 0 Å². The SMILES string of the molecule is Clc1ccc2c(c1)c1ccc(-c3ccc4c5ccccc5n(-c5ccccc5)c4c3)cc1n2-c1ccccc1. The maximum absolute atomic E-state index is 6.44. The van der Waals surface area contributed by atoms with Crippen LogP contribution in [0.4, 0.5) is 0 Å². The van der Waals surface area contributed by atoms with Gasteiger partial charge in [-0.15, -0.1) is 0 Å². The average molecular weight is 519 g/mol. The molecule has 8 aromatic rings. The third-order valence-electron chi connectivity index (χ3n) is 7.76. The van der Waals surface area contributed by atoms with E-state index < -0.39 is 0 Å². The first-order valence-corrected chi connectivity index (χ1v) is 13.5. The standard InChI is InChI=1S/C36H23ClN2/c37-26-17-20-34-32(23-26)31-19-16-25(22-36(31)39(34)28-11-5-2-6-12-28)24-15-18-30-29-13-7-8-14-33(29)38(35(30)21-24)27-9-3-1-4-10-27/h1-23H. The lowest BCUT2D eigenvalue weighted by Gasteiger charge is -2.10. The van der Waals surface area contributed by atoms with Gasteiger partial charge in [0.05, 0.1) is 22.1 Å². The van der Waals surface area contributed by atoms with E-state index >= 15 is 0 Å². The van der Waals surface area contributed by atoms with Crippen LogP contribution >= 0.6 is 11.6 Å². The molecule has 0 fully saturated rings. The van der Waals surface area contributed by atoms with E-state index in [1.54, 1.807) is 0 Å². The predicted octanol–water partition coefficient (Wildman–Crippen LogP) is 10.2. The lowest BCUT2D eigenvalue weighted by atomic mass is 10.0. The fraction of sp³-hybridized carbons (Fsp3) is 0. The molecule has 0 unspecified atom stereocenters. The second-order valence-electron chi connectivity index (χ2n) is 9.98. The first kappa shape index (κ1) is 22.2. The van der Waals surface area contributed by atoms with Crippen LogP contribution in [0, 0.1) is 0 Å². The van der Waals surface area contributed by atoms with Gasteiger partial charge in [0, 0.05) is 37.9 Å². The van der Waals surface area contributed by atoms with Gasteiger partial charge in [0.2, 0.25) is 0 Å². The molecule has 0 radical (unpaired) electrons. The summed E-state index contributed by atoms with van der Waals surface area (Å²) in [5, 5.41) is 5.62. The van der Waals surface area contributed by atoms with Crippen molar-refractivity contribution in [1.82, 2.24) is 9.13 Å². The van der Waals surface area contributed by atoms with Crippen LogP contribution in [0.25, 0.3) is 66.1 Å². The van der Waals surface area contributed by atoms with Crippen molar-refractivity contribution in [2.24, 2.45) is 0 Å². The number of para-hydroxylation sites is 3. The maximum Gasteiger partial charge on any atom is 0.0547 e. The fourth-order valence-corrected chi connectivity index (χ4v) is 6.21. The molecular formula is C36H23ClN2. The molecule has 3 heteroatoms. The molecule has 2 nitrogen and oxygen atoms in total. The molecule has 8 rings (SSSR count). The van der Waals surface area contributed by atoms with Crippen molar-refractivity contribution in [1.29, 1.82) is 0 Å². The zero-order valence-electron chi connectivity index (χ0n) is 21.1. The van der Waals surface area contributed by atoms with Gasteiger partial charge in [-0.1, -0.05) is 90.5 Å². The van der Waals surface area contributed by atoms with Crippen LogP contribution < -0.4 is 0 Å². The van der Waals surface area contributed by atoms with Crippen molar-refractivity contribution in [3.05, 3.63) is 145 Å². The monoisotopic (exact) mass is 518 g/mol. The summed E-state index contributed by atoms with van der Waals surface area (Å²) in [6, 6.07) is 49.6. The molecule has 0 saturated heterocycles. The maximum atomic E-state index is 6.44. The minimum atomic E-state index is 0.748. The topological polar surface area (TPSA) is 9.86 Å². The predicted molar refractivity (Wildman–Crippen MR) is 166 cm³/mol. The molecule has 184 valence electrons. The minimum absolute atomic E-state index is 0.748. The normalized spacial score (nSPS) is 11.7. The van der Waals surface area contributed by atoms with Crippen LogP contribution in [-0.2, 0) is 0 Å². The quantitative estimate of drug-likeness (QED) is 0.220. The van der Waals surface area contributed by atoms with E-state index in [0.717, 1.165) is 27.3 Å². The van der Waals surface area contributed by atoms with Gasteiger partial charge in [-0.05, 0) is 71.8 Å². The van der Waals surface area contributed by atoms with Gasteiger partial charge in [-0.2, -0.15) is 0 Å². The third-order valence-corrected chi connectivity index (χ3v) is 8.00. The number of hydrogen-bond acceptors (Lipinski definition) is 0. The average Bonchev–Trinajstić information content (AvgIpc) is 3.49. The third kappa shape index (κ3) is 3.42. The highest BCUT2D eigenvalue weighted by Gasteiger charge is 2.16. The van der Waals surface area contributed by atoms with Crippen molar-refractivity contribution in [3.8, 4) is 22.5 Å². The molecule has 2 aromatic heterocycles. The van der Waals surface area contributed by atoms with Gasteiger partial charge in [-0.3, -0.25) is 0 Å². The molecule has 39 heavy (non-hydrogen) atoms. The van der Waals surface area contributed by atoms with Gasteiger partial charge in [0.25, 0.3) is 0 Å². The molecule has 0 spiro atoms. The van der Waals surface area contributed by atoms with E-state index in [9.17, 15) is 0 Å². The van der Waals surface area contributed by atoms with Crippen molar-refractivity contribution >= 4 is 55.2 Å². The smallest absolute Gasteiger partial charge is 0.0547 e. The molecule has 6 aromatic carbocycles. The van der Waals surface area contributed by atoms with Gasteiger partial charge in [0.15, 0.2) is 0 Å². The summed E-state index contributed by atoms with van der Waals surface area (Å²) in [7, 11) is 0. The Hall–Kier alpha value is -4.79. The van der Waals surface area contributed by atoms with E-state index in [4.69, 9.17) is 11.6 Å². The molecule has 0 N–H and O–H groups in total. The summed E-state index contributed by atoms with van der Waals surface area (Å²) in [6.07, 6.45) is 0. The number of hydrogen-bond donors (Lipinski definition) is 0. The molecule has 0 bridgehead atoms. The minimum Gasteiger partial charge on any atom is -0.309 e. The van der Waals surface area contributed by atoms with E-state index in [0.29, 0.717) is 0 Å². The molecular weight excluding hydrogens is 496 g/mol. The first-order chi connectivity index (χ1) is 19.3. The van der Waals surface area contributed by atoms with Crippen molar-refractivity contribution in [2.75, 3.05) is 0 Å². The summed E-state index contributed by atoms with van der Waals surface area (Å²) in [5.41, 5.74) is 9.40. The Kier molecular flexibility index (Phi) is 4.91. The first-order valence-electron chi connectivity index (χ1n) is 13.1. The van der Waals surface area contributed by atoms with Crippen LogP contribution in [0.5, 0.6) is 0 Å². The Labute approximate surface area is 230 Å². The molecule has 0 aliphatic rings. The van der Waals surface area contributed by atoms with Crippen LogP contribution in [0.15, 0.2) is 140 Å². The summed E-state index contributed by atoms with van der Waals surface area (Å²) >= 11 is 6.44. The van der Waals surface area contributed by atoms with Gasteiger partial charge < -0.3 is 9.13 Å². The number of benzene rings is 6. The summed E-state index contributed by atoms with van der Waals surface area (Å²) in [4.78, 5) is 0. The van der Waals surface area contributed by atoms with Crippen molar-refractivity contribution < 1.29 is 0 Å². The second kappa shape index (κ2) is 8.62. The van der Waals surface area contributed by atoms with Crippen molar-refractivity contribution in [3.63, 3.8) is 0 Å². The number of nitrogens with zero attached hydrogens (tertiary/aromatic N) is 2. The number of rotatable bonds is 3. The van der Waals surface area contributed by atoms with Gasteiger partial charge in [-0.25, -0.2) is 0 Å². The summed E-state index contributed by atoms with van der Waals surface area (Å²) in [6.45, 7) is 0. The highest BCUT2D eigenvalue weighted by molar-refractivity contribution is 6.32. The summed E-state index contributed by atoms with van der Waals surface area (Å²) < 4.78 is 4.71. The number of halogens is 1. The van der Waals surface area contributed by atoms with E-state index in [1.807, 2.05) is 6.07 Å². The Morgan fingerprint density at radius 3 is 1.46 bits per heavy atom. The fourth-order valence-electron chi connectivity index (χ4n) is 6.03. The Bertz CT molecular complexity index is 2170. The highest BCUT2D eigenvalue weighted by atomic mass is 35.5. The van der Waals surface area contributed by atoms with Gasteiger partial charge >= 0.3 is 0 Å². The number of aromatic nitrogens is 2. The lowest BCUT2D eigenvalue weighted by molar-refractivity contribution is 1.18. The lowest BCUT2D eigenvalue weighted by Crippen LogP contribution is -1.94. The molecule has 0 amide bonds. The zero-order chi connectivity index (χ0) is 25.9. The molecule has 2 heterocycles. The highest BCUT2D eigenvalue weighted by Crippen LogP contribution is 2.38. The molecule has 0 aliphatic heterocycles. The largest absolute Gasteiger partial charge is 0.309 e. The van der Waals surface area contributed by atoms with E-state index in [1.165, 1.54) is 43.8 Å². The Balaban J connectivity index is 1.40. The molecule has 0 atom stereocenters. The molecule has 0 saturated carbocycles.